The fourth-order valence-corrected chi connectivity index (χ4v) is 1.40. The lowest BCUT2D eigenvalue weighted by atomic mass is 10.1. The van der Waals surface area contributed by atoms with E-state index < -0.39 is 6.10 Å². The largest absolute Gasteiger partial charge is 0.491 e. The van der Waals surface area contributed by atoms with Crippen LogP contribution in [0.5, 0.6) is 5.75 Å². The molecular weight excluding hydrogens is 204 g/mol. The third-order valence-electron chi connectivity index (χ3n) is 2.22. The van der Waals surface area contributed by atoms with Gasteiger partial charge < -0.3 is 14.9 Å². The molecule has 0 heterocycles. The maximum absolute atomic E-state index is 9.20. The topological polar surface area (TPSA) is 49.7 Å². The van der Waals surface area contributed by atoms with Crippen LogP contribution in [-0.2, 0) is 6.42 Å². The fraction of sp³-hybridized carbons (Fsp3) is 0.385. The summed E-state index contributed by atoms with van der Waals surface area (Å²) in [4.78, 5) is 0. The molecule has 1 unspecified atom stereocenters. The first-order valence-electron chi connectivity index (χ1n) is 5.29. The molecule has 1 aromatic carbocycles. The molecule has 1 atom stereocenters. The van der Waals surface area contributed by atoms with E-state index in [9.17, 15) is 5.11 Å². The summed E-state index contributed by atoms with van der Waals surface area (Å²) in [5.41, 5.74) is 2.20. The van der Waals surface area contributed by atoms with Crippen LogP contribution in [0.15, 0.2) is 30.9 Å². The molecular formula is C13H18O3. The highest BCUT2D eigenvalue weighted by Gasteiger charge is 2.06. The first kappa shape index (κ1) is 12.7. The number of aliphatic hydroxyl groups excluding tert-OH is 2. The Morgan fingerprint density at radius 3 is 2.88 bits per heavy atom. The van der Waals surface area contributed by atoms with Gasteiger partial charge in [0.1, 0.15) is 18.5 Å². The molecule has 0 radical (unpaired) electrons. The number of aliphatic hydroxyl groups is 2. The minimum absolute atomic E-state index is 0.101. The Kier molecular flexibility index (Phi) is 5.02. The number of aryl methyl sites for hydroxylation is 1. The van der Waals surface area contributed by atoms with Crippen molar-refractivity contribution in [2.24, 2.45) is 0 Å². The van der Waals surface area contributed by atoms with Crippen LogP contribution in [0.2, 0.25) is 0 Å². The second kappa shape index (κ2) is 6.30. The minimum atomic E-state index is -0.835. The summed E-state index contributed by atoms with van der Waals surface area (Å²) in [6, 6.07) is 5.86. The van der Waals surface area contributed by atoms with Crippen LogP contribution in [-0.4, -0.2) is 29.5 Å². The summed E-state index contributed by atoms with van der Waals surface area (Å²) >= 11 is 0. The average molecular weight is 222 g/mol. The lowest BCUT2D eigenvalue weighted by Crippen LogP contribution is -2.21. The number of hydrogen-bond acceptors (Lipinski definition) is 3. The number of benzene rings is 1. The average Bonchev–Trinajstić information content (AvgIpc) is 2.28. The third-order valence-corrected chi connectivity index (χ3v) is 2.22. The Balaban J connectivity index is 2.73. The highest BCUT2D eigenvalue weighted by molar-refractivity contribution is 5.38. The summed E-state index contributed by atoms with van der Waals surface area (Å²) in [6.07, 6.45) is 1.70. The zero-order valence-corrected chi connectivity index (χ0v) is 9.52. The molecule has 0 aliphatic heterocycles. The Bertz CT molecular complexity index is 347. The molecule has 0 fully saturated rings. The van der Waals surface area contributed by atoms with Crippen LogP contribution >= 0.6 is 0 Å². The van der Waals surface area contributed by atoms with Gasteiger partial charge in [0.05, 0.1) is 6.61 Å². The Morgan fingerprint density at radius 1 is 1.50 bits per heavy atom. The van der Waals surface area contributed by atoms with Crippen molar-refractivity contribution in [1.29, 1.82) is 0 Å². The van der Waals surface area contributed by atoms with Crippen LogP contribution in [0.4, 0.5) is 0 Å². The van der Waals surface area contributed by atoms with E-state index in [-0.39, 0.29) is 13.2 Å². The Labute approximate surface area is 96.0 Å². The van der Waals surface area contributed by atoms with Crippen molar-refractivity contribution in [2.45, 2.75) is 19.4 Å². The van der Waals surface area contributed by atoms with Gasteiger partial charge in [-0.05, 0) is 25.0 Å². The van der Waals surface area contributed by atoms with E-state index in [0.29, 0.717) is 0 Å². The number of ether oxygens (including phenoxy) is 1. The lowest BCUT2D eigenvalue weighted by Gasteiger charge is -2.13. The van der Waals surface area contributed by atoms with Gasteiger partial charge in [-0.15, -0.1) is 6.58 Å². The normalized spacial score (nSPS) is 12.2. The Hall–Kier alpha value is -1.32. The quantitative estimate of drug-likeness (QED) is 0.716. The van der Waals surface area contributed by atoms with Crippen LogP contribution in [0.3, 0.4) is 0 Å². The van der Waals surface area contributed by atoms with Crippen molar-refractivity contribution >= 4 is 0 Å². The van der Waals surface area contributed by atoms with Gasteiger partial charge >= 0.3 is 0 Å². The molecule has 2 N–H and O–H groups in total. The summed E-state index contributed by atoms with van der Waals surface area (Å²) in [7, 11) is 0. The molecule has 3 heteroatoms. The second-order valence-electron chi connectivity index (χ2n) is 3.75. The predicted molar refractivity (Wildman–Crippen MR) is 63.7 cm³/mol. The van der Waals surface area contributed by atoms with E-state index in [4.69, 9.17) is 9.84 Å². The number of hydrogen-bond donors (Lipinski definition) is 2. The van der Waals surface area contributed by atoms with Gasteiger partial charge in [-0.3, -0.25) is 0 Å². The number of rotatable bonds is 6. The van der Waals surface area contributed by atoms with E-state index in [2.05, 4.69) is 6.58 Å². The Morgan fingerprint density at radius 2 is 2.25 bits per heavy atom. The van der Waals surface area contributed by atoms with Crippen molar-refractivity contribution in [1.82, 2.24) is 0 Å². The van der Waals surface area contributed by atoms with Gasteiger partial charge in [0.25, 0.3) is 0 Å². The molecule has 1 aromatic rings. The SMILES string of the molecule is C=CCc1cc(C)ccc1OCC(O)CO. The molecule has 16 heavy (non-hydrogen) atoms. The van der Waals surface area contributed by atoms with Crippen LogP contribution in [0, 0.1) is 6.92 Å². The zero-order valence-electron chi connectivity index (χ0n) is 9.52. The molecule has 88 valence electrons. The van der Waals surface area contributed by atoms with Crippen molar-refractivity contribution in [3.8, 4) is 5.75 Å². The summed E-state index contributed by atoms with van der Waals surface area (Å²) in [5, 5.41) is 17.9. The van der Waals surface area contributed by atoms with Crippen molar-refractivity contribution in [3.05, 3.63) is 42.0 Å². The van der Waals surface area contributed by atoms with Crippen LogP contribution in [0.25, 0.3) is 0 Å². The van der Waals surface area contributed by atoms with E-state index in [1.54, 1.807) is 0 Å². The summed E-state index contributed by atoms with van der Waals surface area (Å²) < 4.78 is 5.44. The number of allylic oxidation sites excluding steroid dienone is 1. The first-order valence-corrected chi connectivity index (χ1v) is 5.29. The highest BCUT2D eigenvalue weighted by Crippen LogP contribution is 2.21. The third kappa shape index (κ3) is 3.68. The van der Waals surface area contributed by atoms with Gasteiger partial charge in [0, 0.05) is 0 Å². The van der Waals surface area contributed by atoms with E-state index >= 15 is 0 Å². The predicted octanol–water partition coefficient (Wildman–Crippen LogP) is 1.46. The smallest absolute Gasteiger partial charge is 0.122 e. The zero-order chi connectivity index (χ0) is 12.0. The molecule has 0 bridgehead atoms. The molecule has 0 aliphatic carbocycles. The van der Waals surface area contributed by atoms with Crippen LogP contribution in [0.1, 0.15) is 11.1 Å². The van der Waals surface area contributed by atoms with Crippen molar-refractivity contribution < 1.29 is 14.9 Å². The maximum atomic E-state index is 9.20. The molecule has 3 nitrogen and oxygen atoms in total. The molecule has 0 spiro atoms. The molecule has 0 aliphatic rings. The fourth-order valence-electron chi connectivity index (χ4n) is 1.40. The standard InChI is InChI=1S/C13H18O3/c1-3-4-11-7-10(2)5-6-13(11)16-9-12(15)8-14/h3,5-7,12,14-15H,1,4,8-9H2,2H3. The van der Waals surface area contributed by atoms with Gasteiger partial charge in [0.2, 0.25) is 0 Å². The van der Waals surface area contributed by atoms with Crippen LogP contribution < -0.4 is 4.74 Å². The molecule has 0 saturated heterocycles. The minimum Gasteiger partial charge on any atom is -0.491 e. The van der Waals surface area contributed by atoms with Gasteiger partial charge in [-0.25, -0.2) is 0 Å². The first-order chi connectivity index (χ1) is 7.67. The maximum Gasteiger partial charge on any atom is 0.122 e. The van der Waals surface area contributed by atoms with E-state index in [0.717, 1.165) is 23.3 Å². The molecule has 0 amide bonds. The van der Waals surface area contributed by atoms with Gasteiger partial charge in [-0.1, -0.05) is 23.8 Å². The van der Waals surface area contributed by atoms with Gasteiger partial charge in [0.15, 0.2) is 0 Å². The summed E-state index contributed by atoms with van der Waals surface area (Å²) in [5.74, 6) is 0.734. The molecule has 0 aromatic heterocycles. The van der Waals surface area contributed by atoms with Crippen molar-refractivity contribution in [3.63, 3.8) is 0 Å². The van der Waals surface area contributed by atoms with E-state index in [1.807, 2.05) is 31.2 Å². The van der Waals surface area contributed by atoms with Gasteiger partial charge in [-0.2, -0.15) is 0 Å². The highest BCUT2D eigenvalue weighted by atomic mass is 16.5. The van der Waals surface area contributed by atoms with Crippen molar-refractivity contribution in [2.75, 3.05) is 13.2 Å². The summed E-state index contributed by atoms with van der Waals surface area (Å²) in [6.45, 7) is 5.52. The second-order valence-corrected chi connectivity index (χ2v) is 3.75. The molecule has 1 rings (SSSR count). The lowest BCUT2D eigenvalue weighted by molar-refractivity contribution is 0.0533. The molecule has 0 saturated carbocycles. The monoisotopic (exact) mass is 222 g/mol. The van der Waals surface area contributed by atoms with E-state index in [1.165, 1.54) is 0 Å².